The molecule has 0 radical (unpaired) electrons. The maximum Gasteiger partial charge on any atom is 0.253 e. The number of ether oxygens (including phenoxy) is 1. The van der Waals surface area contributed by atoms with Crippen molar-refractivity contribution in [1.82, 2.24) is 0 Å². The first-order valence-electron chi connectivity index (χ1n) is 5.52. The van der Waals surface area contributed by atoms with Gasteiger partial charge in [-0.15, -0.1) is 0 Å². The smallest absolute Gasteiger partial charge is 0.253 e. The van der Waals surface area contributed by atoms with Crippen molar-refractivity contribution in [1.29, 1.82) is 0 Å². The van der Waals surface area contributed by atoms with Crippen molar-refractivity contribution in [3.8, 4) is 0 Å². The molecular formula is C11H13ClN2O4S. The Morgan fingerprint density at radius 2 is 2.16 bits per heavy atom. The normalized spacial score (nSPS) is 16.5. The minimum absolute atomic E-state index is 0.0000610. The molecule has 1 fully saturated rings. The molecule has 104 valence electrons. The lowest BCUT2D eigenvalue weighted by atomic mass is 10.2. The van der Waals surface area contributed by atoms with E-state index in [2.05, 4.69) is 4.72 Å². The van der Waals surface area contributed by atoms with Crippen LogP contribution in [0.15, 0.2) is 18.2 Å². The standard InChI is InChI=1S/C11H13ClN2O4S/c1-19(16,17)13-8-2-3-9(12)10(6-8)14-4-5-18-7-11(14)15/h2-3,6,13H,4-5,7H2,1H3. The Labute approximate surface area is 116 Å². The molecule has 0 saturated carbocycles. The highest BCUT2D eigenvalue weighted by molar-refractivity contribution is 7.92. The van der Waals surface area contributed by atoms with E-state index >= 15 is 0 Å². The van der Waals surface area contributed by atoms with Crippen LogP contribution in [0.4, 0.5) is 11.4 Å². The monoisotopic (exact) mass is 304 g/mol. The van der Waals surface area contributed by atoms with Gasteiger partial charge >= 0.3 is 0 Å². The Morgan fingerprint density at radius 3 is 2.79 bits per heavy atom. The van der Waals surface area contributed by atoms with Gasteiger partial charge in [0.1, 0.15) is 6.61 Å². The Kier molecular flexibility index (Phi) is 3.98. The molecule has 6 nitrogen and oxygen atoms in total. The summed E-state index contributed by atoms with van der Waals surface area (Å²) in [4.78, 5) is 13.2. The Hall–Kier alpha value is -1.31. The molecule has 0 spiro atoms. The van der Waals surface area contributed by atoms with Crippen LogP contribution in [0.3, 0.4) is 0 Å². The van der Waals surface area contributed by atoms with Gasteiger partial charge in [0.05, 0.1) is 29.3 Å². The number of nitrogens with zero attached hydrogens (tertiary/aromatic N) is 1. The van der Waals surface area contributed by atoms with Crippen LogP contribution in [-0.2, 0) is 19.6 Å². The fraction of sp³-hybridized carbons (Fsp3) is 0.364. The zero-order valence-corrected chi connectivity index (χ0v) is 11.8. The third-order valence-electron chi connectivity index (χ3n) is 2.53. The molecule has 0 aliphatic carbocycles. The fourth-order valence-corrected chi connectivity index (χ4v) is 2.54. The number of anilines is 2. The highest BCUT2D eigenvalue weighted by Gasteiger charge is 2.22. The molecule has 1 aliphatic rings. The molecule has 1 saturated heterocycles. The van der Waals surface area contributed by atoms with E-state index in [1.165, 1.54) is 17.0 Å². The number of carbonyl (C=O) groups is 1. The van der Waals surface area contributed by atoms with Crippen LogP contribution in [0.25, 0.3) is 0 Å². The van der Waals surface area contributed by atoms with E-state index in [0.717, 1.165) is 6.26 Å². The lowest BCUT2D eigenvalue weighted by Crippen LogP contribution is -2.41. The summed E-state index contributed by atoms with van der Waals surface area (Å²) in [5.74, 6) is -0.204. The molecule has 1 aliphatic heterocycles. The van der Waals surface area contributed by atoms with Gasteiger partial charge in [0.15, 0.2) is 0 Å². The third-order valence-corrected chi connectivity index (χ3v) is 3.45. The van der Waals surface area contributed by atoms with Crippen molar-refractivity contribution in [2.75, 3.05) is 35.6 Å². The summed E-state index contributed by atoms with van der Waals surface area (Å²) in [5, 5.41) is 0.384. The molecule has 0 bridgehead atoms. The van der Waals surface area contributed by atoms with E-state index < -0.39 is 10.0 Å². The Morgan fingerprint density at radius 1 is 1.42 bits per heavy atom. The largest absolute Gasteiger partial charge is 0.370 e. The van der Waals surface area contributed by atoms with Crippen LogP contribution in [0.2, 0.25) is 5.02 Å². The van der Waals surface area contributed by atoms with Crippen LogP contribution in [0.5, 0.6) is 0 Å². The first-order chi connectivity index (χ1) is 8.87. The van der Waals surface area contributed by atoms with Crippen molar-refractivity contribution < 1.29 is 17.9 Å². The highest BCUT2D eigenvalue weighted by Crippen LogP contribution is 2.30. The fourth-order valence-electron chi connectivity index (χ4n) is 1.77. The summed E-state index contributed by atoms with van der Waals surface area (Å²) in [6, 6.07) is 4.62. The van der Waals surface area contributed by atoms with Gasteiger partial charge in [-0.2, -0.15) is 0 Å². The maximum atomic E-state index is 11.7. The Bertz CT molecular complexity index is 603. The van der Waals surface area contributed by atoms with Gasteiger partial charge in [0.25, 0.3) is 5.91 Å². The van der Waals surface area contributed by atoms with Crippen molar-refractivity contribution in [3.05, 3.63) is 23.2 Å². The summed E-state index contributed by atoms with van der Waals surface area (Å²) in [5.41, 5.74) is 0.838. The molecule has 1 N–H and O–H groups in total. The molecule has 19 heavy (non-hydrogen) atoms. The third kappa shape index (κ3) is 3.59. The number of halogens is 1. The van der Waals surface area contributed by atoms with Crippen molar-refractivity contribution in [2.45, 2.75) is 0 Å². The lowest BCUT2D eigenvalue weighted by Gasteiger charge is -2.28. The minimum Gasteiger partial charge on any atom is -0.370 e. The van der Waals surface area contributed by atoms with E-state index in [-0.39, 0.29) is 12.5 Å². The van der Waals surface area contributed by atoms with Gasteiger partial charge in [-0.3, -0.25) is 9.52 Å². The molecule has 0 unspecified atom stereocenters. The van der Waals surface area contributed by atoms with Crippen LogP contribution in [0.1, 0.15) is 0 Å². The van der Waals surface area contributed by atoms with Crippen molar-refractivity contribution in [3.63, 3.8) is 0 Å². The van der Waals surface area contributed by atoms with Gasteiger partial charge in [0.2, 0.25) is 10.0 Å². The van der Waals surface area contributed by atoms with E-state index in [0.29, 0.717) is 29.5 Å². The van der Waals surface area contributed by atoms with Crippen LogP contribution in [-0.4, -0.2) is 40.3 Å². The number of hydrogen-bond acceptors (Lipinski definition) is 4. The summed E-state index contributed by atoms with van der Waals surface area (Å²) < 4.78 is 29.8. The SMILES string of the molecule is CS(=O)(=O)Nc1ccc(Cl)c(N2CCOCC2=O)c1. The number of sulfonamides is 1. The zero-order valence-electron chi connectivity index (χ0n) is 10.2. The molecule has 1 heterocycles. The van der Waals surface area contributed by atoms with E-state index in [1.54, 1.807) is 6.07 Å². The first-order valence-corrected chi connectivity index (χ1v) is 7.79. The van der Waals surface area contributed by atoms with E-state index in [1.807, 2.05) is 0 Å². The van der Waals surface area contributed by atoms with E-state index in [9.17, 15) is 13.2 Å². The molecule has 1 amide bonds. The molecule has 1 aromatic rings. The van der Waals surface area contributed by atoms with Crippen molar-refractivity contribution >= 4 is 38.9 Å². The van der Waals surface area contributed by atoms with Gasteiger partial charge in [-0.05, 0) is 18.2 Å². The number of hydrogen-bond donors (Lipinski definition) is 1. The second kappa shape index (κ2) is 5.36. The molecule has 2 rings (SSSR count). The summed E-state index contributed by atoms with van der Waals surface area (Å²) in [6.07, 6.45) is 1.06. The lowest BCUT2D eigenvalue weighted by molar-refractivity contribution is -0.125. The highest BCUT2D eigenvalue weighted by atomic mass is 35.5. The van der Waals surface area contributed by atoms with E-state index in [4.69, 9.17) is 16.3 Å². The average molecular weight is 305 g/mol. The summed E-state index contributed by atoms with van der Waals surface area (Å²) >= 11 is 6.05. The molecule has 8 heteroatoms. The average Bonchev–Trinajstić information content (AvgIpc) is 2.31. The summed E-state index contributed by atoms with van der Waals surface area (Å²) in [6.45, 7) is 0.812. The van der Waals surface area contributed by atoms with Crippen LogP contribution >= 0.6 is 11.6 Å². The number of carbonyl (C=O) groups excluding carboxylic acids is 1. The van der Waals surface area contributed by atoms with Crippen LogP contribution in [0, 0.1) is 0 Å². The minimum atomic E-state index is -3.37. The Balaban J connectivity index is 2.33. The zero-order chi connectivity index (χ0) is 14.0. The maximum absolute atomic E-state index is 11.7. The number of nitrogens with one attached hydrogen (secondary N) is 1. The van der Waals surface area contributed by atoms with Gasteiger partial charge in [-0.25, -0.2) is 8.42 Å². The number of amides is 1. The molecular weight excluding hydrogens is 292 g/mol. The predicted molar refractivity (Wildman–Crippen MR) is 73.1 cm³/mol. The molecule has 0 atom stereocenters. The second-order valence-electron chi connectivity index (χ2n) is 4.14. The first kappa shape index (κ1) is 14.1. The van der Waals surface area contributed by atoms with Crippen molar-refractivity contribution in [2.24, 2.45) is 0 Å². The topological polar surface area (TPSA) is 75.7 Å². The van der Waals surface area contributed by atoms with Gasteiger partial charge in [0, 0.05) is 6.54 Å². The second-order valence-corrected chi connectivity index (χ2v) is 6.29. The number of morpholine rings is 1. The predicted octanol–water partition coefficient (Wildman–Crippen LogP) is 1.07. The number of rotatable bonds is 3. The van der Waals surface area contributed by atoms with Gasteiger partial charge in [-0.1, -0.05) is 11.6 Å². The number of benzene rings is 1. The van der Waals surface area contributed by atoms with Crippen LogP contribution < -0.4 is 9.62 Å². The summed E-state index contributed by atoms with van der Waals surface area (Å²) in [7, 11) is -3.37. The van der Waals surface area contributed by atoms with Gasteiger partial charge < -0.3 is 9.64 Å². The molecule has 1 aromatic carbocycles. The quantitative estimate of drug-likeness (QED) is 0.906. The molecule has 0 aromatic heterocycles.